The van der Waals surface area contributed by atoms with E-state index >= 15 is 0 Å². The second-order valence-electron chi connectivity index (χ2n) is 6.23. The molecule has 1 saturated heterocycles. The minimum absolute atomic E-state index is 0.0164. The van der Waals surface area contributed by atoms with Gasteiger partial charge in [-0.2, -0.15) is 0 Å². The van der Waals surface area contributed by atoms with Crippen molar-refractivity contribution in [2.45, 2.75) is 31.4 Å². The number of sulfone groups is 1. The van der Waals surface area contributed by atoms with Crippen LogP contribution in [0.4, 0.5) is 0 Å². The lowest BCUT2D eigenvalue weighted by Gasteiger charge is -2.31. The zero-order chi connectivity index (χ0) is 17.7. The standard InChI is InChI=1S/C17H24N2O4S/c1-13-4-3-5-14(10-13)11-17(21)19-8-6-15(7-9-19)24(22,23)12-16(20)18-2/h3-5,10,15H,6-9,11-12H2,1-2H3,(H,18,20). The Morgan fingerprint density at radius 3 is 2.50 bits per heavy atom. The van der Waals surface area contributed by atoms with E-state index in [0.29, 0.717) is 32.4 Å². The number of benzene rings is 1. The lowest BCUT2D eigenvalue weighted by molar-refractivity contribution is -0.131. The Bertz CT molecular complexity index is 707. The van der Waals surface area contributed by atoms with Crippen LogP contribution in [0.2, 0.25) is 0 Å². The van der Waals surface area contributed by atoms with Gasteiger partial charge in [0.1, 0.15) is 5.75 Å². The molecule has 1 aliphatic heterocycles. The van der Waals surface area contributed by atoms with Crippen LogP contribution in [0.15, 0.2) is 24.3 Å². The molecule has 1 aliphatic rings. The van der Waals surface area contributed by atoms with Gasteiger partial charge in [0.25, 0.3) is 0 Å². The Morgan fingerprint density at radius 1 is 1.25 bits per heavy atom. The fourth-order valence-electron chi connectivity index (χ4n) is 2.95. The van der Waals surface area contributed by atoms with Crippen LogP contribution < -0.4 is 5.32 Å². The van der Waals surface area contributed by atoms with Gasteiger partial charge in [0.2, 0.25) is 11.8 Å². The lowest BCUT2D eigenvalue weighted by Crippen LogP contribution is -2.44. The molecule has 0 saturated carbocycles. The summed E-state index contributed by atoms with van der Waals surface area (Å²) in [4.78, 5) is 25.4. The first-order chi connectivity index (χ1) is 11.3. The van der Waals surface area contributed by atoms with Crippen LogP contribution in [0.25, 0.3) is 0 Å². The van der Waals surface area contributed by atoms with Crippen LogP contribution >= 0.6 is 0 Å². The van der Waals surface area contributed by atoms with Gasteiger partial charge < -0.3 is 10.2 Å². The molecule has 6 nitrogen and oxygen atoms in total. The first-order valence-electron chi connectivity index (χ1n) is 8.07. The minimum atomic E-state index is -3.46. The topological polar surface area (TPSA) is 83.6 Å². The van der Waals surface area contributed by atoms with Crippen molar-refractivity contribution in [1.82, 2.24) is 10.2 Å². The molecule has 0 atom stereocenters. The van der Waals surface area contributed by atoms with Crippen LogP contribution in [-0.4, -0.2) is 56.3 Å². The summed E-state index contributed by atoms with van der Waals surface area (Å²) in [5, 5.41) is 1.79. The van der Waals surface area contributed by atoms with E-state index in [9.17, 15) is 18.0 Å². The van der Waals surface area contributed by atoms with Gasteiger partial charge in [0.15, 0.2) is 9.84 Å². The first kappa shape index (κ1) is 18.4. The summed E-state index contributed by atoms with van der Waals surface area (Å²) in [6.45, 7) is 2.82. The monoisotopic (exact) mass is 352 g/mol. The summed E-state index contributed by atoms with van der Waals surface area (Å²) >= 11 is 0. The van der Waals surface area contributed by atoms with Crippen molar-refractivity contribution in [2.75, 3.05) is 25.9 Å². The van der Waals surface area contributed by atoms with Gasteiger partial charge in [0, 0.05) is 20.1 Å². The van der Waals surface area contributed by atoms with Gasteiger partial charge in [-0.25, -0.2) is 8.42 Å². The third kappa shape index (κ3) is 4.80. The highest BCUT2D eigenvalue weighted by Gasteiger charge is 2.32. The van der Waals surface area contributed by atoms with Crippen LogP contribution in [0.3, 0.4) is 0 Å². The number of nitrogens with one attached hydrogen (secondary N) is 1. The number of amides is 2. The van der Waals surface area contributed by atoms with Crippen LogP contribution in [0, 0.1) is 6.92 Å². The molecule has 0 radical (unpaired) electrons. The number of aryl methyl sites for hydroxylation is 1. The minimum Gasteiger partial charge on any atom is -0.358 e. The van der Waals surface area contributed by atoms with Gasteiger partial charge in [-0.15, -0.1) is 0 Å². The predicted molar refractivity (Wildman–Crippen MR) is 92.3 cm³/mol. The Balaban J connectivity index is 1.90. The quantitative estimate of drug-likeness (QED) is 0.845. The molecule has 2 rings (SSSR count). The van der Waals surface area contributed by atoms with Gasteiger partial charge in [-0.3, -0.25) is 9.59 Å². The van der Waals surface area contributed by atoms with Gasteiger partial charge >= 0.3 is 0 Å². The normalized spacial score (nSPS) is 16.0. The molecule has 1 N–H and O–H groups in total. The summed E-state index contributed by atoms with van der Waals surface area (Å²) in [5.41, 5.74) is 2.08. The van der Waals surface area contributed by atoms with E-state index < -0.39 is 26.7 Å². The average Bonchev–Trinajstić information content (AvgIpc) is 2.54. The zero-order valence-corrected chi connectivity index (χ0v) is 14.9. The van der Waals surface area contributed by atoms with E-state index in [1.807, 2.05) is 31.2 Å². The Labute approximate surface area is 143 Å². The van der Waals surface area contributed by atoms with Gasteiger partial charge in [0.05, 0.1) is 11.7 Å². The Kier molecular flexibility index (Phi) is 5.99. The number of likely N-dealkylation sites (tertiary alicyclic amines) is 1. The summed E-state index contributed by atoms with van der Waals surface area (Å²) in [7, 11) is -2.04. The van der Waals surface area contributed by atoms with Crippen LogP contribution in [0.1, 0.15) is 24.0 Å². The molecule has 1 fully saturated rings. The van der Waals surface area contributed by atoms with E-state index in [-0.39, 0.29) is 5.91 Å². The second-order valence-corrected chi connectivity index (χ2v) is 8.51. The highest BCUT2D eigenvalue weighted by atomic mass is 32.2. The number of carbonyl (C=O) groups excluding carboxylic acids is 2. The molecule has 0 aliphatic carbocycles. The van der Waals surface area contributed by atoms with Crippen molar-refractivity contribution < 1.29 is 18.0 Å². The molecular weight excluding hydrogens is 328 g/mol. The number of hydrogen-bond acceptors (Lipinski definition) is 4. The largest absolute Gasteiger partial charge is 0.358 e. The molecule has 0 aromatic heterocycles. The highest BCUT2D eigenvalue weighted by molar-refractivity contribution is 7.92. The number of nitrogens with zero attached hydrogens (tertiary/aromatic N) is 1. The molecule has 7 heteroatoms. The molecule has 24 heavy (non-hydrogen) atoms. The second kappa shape index (κ2) is 7.79. The van der Waals surface area contributed by atoms with Crippen LogP contribution in [0.5, 0.6) is 0 Å². The fraction of sp³-hybridized carbons (Fsp3) is 0.529. The van der Waals surface area contributed by atoms with Crippen molar-refractivity contribution in [1.29, 1.82) is 0 Å². The molecule has 2 amide bonds. The van der Waals surface area contributed by atoms with Gasteiger partial charge in [-0.1, -0.05) is 29.8 Å². The fourth-order valence-corrected chi connectivity index (χ4v) is 4.62. The Morgan fingerprint density at radius 2 is 1.92 bits per heavy atom. The summed E-state index contributed by atoms with van der Waals surface area (Å²) in [6.07, 6.45) is 1.11. The van der Waals surface area contributed by atoms with Gasteiger partial charge in [-0.05, 0) is 25.3 Å². The molecule has 1 aromatic carbocycles. The van der Waals surface area contributed by atoms with E-state index in [1.54, 1.807) is 4.90 Å². The maximum absolute atomic E-state index is 12.4. The smallest absolute Gasteiger partial charge is 0.234 e. The van der Waals surface area contributed by atoms with E-state index in [1.165, 1.54) is 7.05 Å². The molecule has 1 heterocycles. The Hall–Kier alpha value is -1.89. The van der Waals surface area contributed by atoms with Crippen molar-refractivity contribution in [3.63, 3.8) is 0 Å². The zero-order valence-electron chi connectivity index (χ0n) is 14.1. The molecule has 0 spiro atoms. The molecular formula is C17H24N2O4S. The lowest BCUT2D eigenvalue weighted by atomic mass is 10.1. The molecule has 1 aromatic rings. The summed E-state index contributed by atoms with van der Waals surface area (Å²) in [6, 6.07) is 7.82. The predicted octanol–water partition coefficient (Wildman–Crippen LogP) is 0.689. The average molecular weight is 352 g/mol. The van der Waals surface area contributed by atoms with Crippen molar-refractivity contribution in [3.8, 4) is 0 Å². The third-order valence-electron chi connectivity index (χ3n) is 4.35. The van der Waals surface area contributed by atoms with Crippen molar-refractivity contribution in [3.05, 3.63) is 35.4 Å². The number of carbonyl (C=O) groups is 2. The maximum atomic E-state index is 12.4. The van der Waals surface area contributed by atoms with E-state index in [2.05, 4.69) is 5.32 Å². The number of hydrogen-bond donors (Lipinski definition) is 1. The maximum Gasteiger partial charge on any atom is 0.234 e. The third-order valence-corrected chi connectivity index (χ3v) is 6.50. The first-order valence-corrected chi connectivity index (χ1v) is 9.79. The SMILES string of the molecule is CNC(=O)CS(=O)(=O)C1CCN(C(=O)Cc2cccc(C)c2)CC1. The van der Waals surface area contributed by atoms with Crippen molar-refractivity contribution >= 4 is 21.7 Å². The molecule has 132 valence electrons. The number of piperidine rings is 1. The molecule has 0 bridgehead atoms. The van der Waals surface area contributed by atoms with E-state index in [0.717, 1.165) is 11.1 Å². The van der Waals surface area contributed by atoms with E-state index in [4.69, 9.17) is 0 Å². The van der Waals surface area contributed by atoms with Crippen LogP contribution in [-0.2, 0) is 25.8 Å². The molecule has 0 unspecified atom stereocenters. The van der Waals surface area contributed by atoms with Crippen molar-refractivity contribution in [2.24, 2.45) is 0 Å². The summed E-state index contributed by atoms with van der Waals surface area (Å²) < 4.78 is 24.4. The highest BCUT2D eigenvalue weighted by Crippen LogP contribution is 2.19. The summed E-state index contributed by atoms with van der Waals surface area (Å²) in [5.74, 6) is -0.957. The number of rotatable bonds is 5.